The van der Waals surface area contributed by atoms with Crippen LogP contribution >= 0.6 is 34.4 Å². The van der Waals surface area contributed by atoms with Crippen molar-refractivity contribution < 1.29 is 19.1 Å². The van der Waals surface area contributed by atoms with Crippen molar-refractivity contribution in [3.05, 3.63) is 40.8 Å². The molecule has 11 heteroatoms. The summed E-state index contributed by atoms with van der Waals surface area (Å²) in [6.07, 6.45) is 0. The molecule has 0 aliphatic rings. The van der Waals surface area contributed by atoms with Gasteiger partial charge in [-0.2, -0.15) is 0 Å². The summed E-state index contributed by atoms with van der Waals surface area (Å²) in [5, 5.41) is 15.4. The van der Waals surface area contributed by atoms with Crippen molar-refractivity contribution in [1.29, 1.82) is 0 Å². The zero-order chi connectivity index (χ0) is 21.5. The first kappa shape index (κ1) is 22.1. The molecule has 0 bridgehead atoms. The topological polar surface area (TPSA) is 102 Å². The fourth-order valence-electron chi connectivity index (χ4n) is 2.36. The van der Waals surface area contributed by atoms with Gasteiger partial charge in [0.25, 0.3) is 0 Å². The second-order valence-electron chi connectivity index (χ2n) is 5.91. The highest BCUT2D eigenvalue weighted by Gasteiger charge is 2.16. The van der Waals surface area contributed by atoms with E-state index >= 15 is 0 Å². The second-order valence-corrected chi connectivity index (χ2v) is 9.16. The van der Waals surface area contributed by atoms with Gasteiger partial charge in [-0.3, -0.25) is 4.79 Å². The molecule has 2 N–H and O–H groups in total. The summed E-state index contributed by atoms with van der Waals surface area (Å²) in [5.41, 5.74) is 1.64. The minimum atomic E-state index is -0.374. The van der Waals surface area contributed by atoms with E-state index in [9.17, 15) is 9.59 Å². The highest BCUT2D eigenvalue weighted by molar-refractivity contribution is 8.01. The number of aryl methyl sites for hydroxylation is 1. The monoisotopic (exact) mass is 464 g/mol. The van der Waals surface area contributed by atoms with Crippen molar-refractivity contribution in [3.63, 3.8) is 0 Å². The van der Waals surface area contributed by atoms with Gasteiger partial charge in [0.05, 0.1) is 24.5 Å². The molecule has 1 aromatic carbocycles. The first-order chi connectivity index (χ1) is 14.5. The fourth-order valence-corrected chi connectivity index (χ4v) is 4.92. The van der Waals surface area contributed by atoms with Crippen molar-refractivity contribution in [2.24, 2.45) is 0 Å². The van der Waals surface area contributed by atoms with Crippen LogP contribution in [-0.2, 0) is 9.53 Å². The predicted octanol–water partition coefficient (Wildman–Crippen LogP) is 4.57. The van der Waals surface area contributed by atoms with Gasteiger partial charge in [-0.25, -0.2) is 4.79 Å². The molecule has 8 nitrogen and oxygen atoms in total. The molecule has 0 unspecified atom stereocenters. The smallest absolute Gasteiger partial charge is 0.348 e. The van der Waals surface area contributed by atoms with Crippen molar-refractivity contribution >= 4 is 62.1 Å². The van der Waals surface area contributed by atoms with Crippen LogP contribution < -0.4 is 15.4 Å². The van der Waals surface area contributed by atoms with Gasteiger partial charge in [0.15, 0.2) is 4.34 Å². The maximum atomic E-state index is 12.2. The molecule has 0 saturated heterocycles. The number of nitrogens with one attached hydrogen (secondary N) is 2. The number of hydrogen-bond acceptors (Lipinski definition) is 10. The number of ether oxygens (including phenoxy) is 2. The number of amides is 1. The van der Waals surface area contributed by atoms with Crippen molar-refractivity contribution in [2.45, 2.75) is 18.2 Å². The van der Waals surface area contributed by atoms with Crippen LogP contribution in [0.25, 0.3) is 0 Å². The molecule has 158 valence electrons. The number of carbonyl (C=O) groups is 2. The average Bonchev–Trinajstić information content (AvgIpc) is 3.33. The van der Waals surface area contributed by atoms with Gasteiger partial charge in [-0.15, -0.1) is 21.5 Å². The highest BCUT2D eigenvalue weighted by atomic mass is 32.2. The Balaban J connectivity index is 1.50. The van der Waals surface area contributed by atoms with Gasteiger partial charge in [0, 0.05) is 5.69 Å². The van der Waals surface area contributed by atoms with Crippen LogP contribution in [0.1, 0.15) is 22.2 Å². The molecule has 0 fully saturated rings. The van der Waals surface area contributed by atoms with Gasteiger partial charge >= 0.3 is 5.97 Å². The van der Waals surface area contributed by atoms with E-state index in [0.29, 0.717) is 26.0 Å². The minimum absolute atomic E-state index is 0.183. The number of rotatable bonds is 9. The zero-order valence-corrected chi connectivity index (χ0v) is 19.0. The molecular formula is C19H20N4O4S3. The van der Waals surface area contributed by atoms with Gasteiger partial charge in [-0.1, -0.05) is 23.1 Å². The quantitative estimate of drug-likeness (QED) is 0.351. The Morgan fingerprint density at radius 3 is 2.63 bits per heavy atom. The lowest BCUT2D eigenvalue weighted by Crippen LogP contribution is -2.12. The standard InChI is InChI=1S/C19H20N4O4S3/c1-4-27-17(25)16-11(2)9-15(29-16)21-14(24)10-28-19-23-22-18(30-19)20-12-5-7-13(26-3)8-6-12/h5-9H,4,10H2,1-3H3,(H,20,22)(H,21,24). The number of esters is 1. The number of carbonyl (C=O) groups excluding carboxylic acids is 2. The SMILES string of the molecule is CCOC(=O)c1sc(NC(=O)CSc2nnc(Nc3ccc(OC)cc3)s2)cc1C. The number of methoxy groups -OCH3 is 1. The van der Waals surface area contributed by atoms with E-state index in [2.05, 4.69) is 20.8 Å². The number of hydrogen-bond donors (Lipinski definition) is 2. The molecule has 2 aromatic heterocycles. The second kappa shape index (κ2) is 10.4. The normalized spacial score (nSPS) is 10.5. The summed E-state index contributed by atoms with van der Waals surface area (Å²) >= 11 is 3.86. The van der Waals surface area contributed by atoms with Crippen LogP contribution in [-0.4, -0.2) is 41.5 Å². The third-order valence-electron chi connectivity index (χ3n) is 3.72. The van der Waals surface area contributed by atoms with E-state index in [1.807, 2.05) is 31.2 Å². The number of thioether (sulfide) groups is 1. The van der Waals surface area contributed by atoms with Crippen LogP contribution in [0.5, 0.6) is 5.75 Å². The molecular weight excluding hydrogens is 444 g/mol. The van der Waals surface area contributed by atoms with Crippen molar-refractivity contribution in [1.82, 2.24) is 10.2 Å². The number of nitrogens with zero attached hydrogens (tertiary/aromatic N) is 2. The lowest BCUT2D eigenvalue weighted by Gasteiger charge is -2.03. The maximum Gasteiger partial charge on any atom is 0.348 e. The molecule has 0 aliphatic heterocycles. The molecule has 3 rings (SSSR count). The van der Waals surface area contributed by atoms with Crippen LogP contribution in [0.15, 0.2) is 34.7 Å². The predicted molar refractivity (Wildman–Crippen MR) is 121 cm³/mol. The molecule has 3 aromatic rings. The first-order valence-electron chi connectivity index (χ1n) is 8.93. The van der Waals surface area contributed by atoms with Crippen molar-refractivity contribution in [3.8, 4) is 5.75 Å². The molecule has 0 saturated carbocycles. The third-order valence-corrected chi connectivity index (χ3v) is 6.82. The maximum absolute atomic E-state index is 12.2. The summed E-state index contributed by atoms with van der Waals surface area (Å²) < 4.78 is 10.8. The molecule has 0 spiro atoms. The Kier molecular flexibility index (Phi) is 7.66. The Hall–Kier alpha value is -2.63. The van der Waals surface area contributed by atoms with Gasteiger partial charge in [-0.05, 0) is 49.7 Å². The van der Waals surface area contributed by atoms with Gasteiger partial charge < -0.3 is 20.1 Å². The van der Waals surface area contributed by atoms with Crippen LogP contribution in [0.4, 0.5) is 15.8 Å². The van der Waals surface area contributed by atoms with E-state index in [1.165, 1.54) is 34.4 Å². The molecule has 2 heterocycles. The molecule has 0 radical (unpaired) electrons. The summed E-state index contributed by atoms with van der Waals surface area (Å²) in [6, 6.07) is 9.23. The molecule has 0 aliphatic carbocycles. The Bertz CT molecular complexity index is 1020. The van der Waals surface area contributed by atoms with Gasteiger partial charge in [0.2, 0.25) is 11.0 Å². The summed E-state index contributed by atoms with van der Waals surface area (Å²) in [6.45, 7) is 3.88. The minimum Gasteiger partial charge on any atom is -0.497 e. The van der Waals surface area contributed by atoms with Crippen LogP contribution in [0.3, 0.4) is 0 Å². The Morgan fingerprint density at radius 2 is 1.93 bits per heavy atom. The van der Waals surface area contributed by atoms with E-state index in [4.69, 9.17) is 9.47 Å². The highest BCUT2D eigenvalue weighted by Crippen LogP contribution is 2.30. The van der Waals surface area contributed by atoms with E-state index < -0.39 is 0 Å². The van der Waals surface area contributed by atoms with E-state index in [-0.39, 0.29) is 17.6 Å². The number of benzene rings is 1. The van der Waals surface area contributed by atoms with Crippen LogP contribution in [0, 0.1) is 6.92 Å². The average molecular weight is 465 g/mol. The first-order valence-corrected chi connectivity index (χ1v) is 11.5. The summed E-state index contributed by atoms with van der Waals surface area (Å²) in [5.74, 6) is 0.399. The Labute approximate surface area is 186 Å². The summed E-state index contributed by atoms with van der Waals surface area (Å²) in [7, 11) is 1.62. The molecule has 0 atom stereocenters. The zero-order valence-electron chi connectivity index (χ0n) is 16.6. The largest absolute Gasteiger partial charge is 0.497 e. The number of thiophene rings is 1. The van der Waals surface area contributed by atoms with Gasteiger partial charge in [0.1, 0.15) is 10.6 Å². The van der Waals surface area contributed by atoms with E-state index in [0.717, 1.165) is 17.0 Å². The lowest BCUT2D eigenvalue weighted by atomic mass is 10.3. The summed E-state index contributed by atoms with van der Waals surface area (Å²) in [4.78, 5) is 24.6. The third kappa shape index (κ3) is 5.94. The van der Waals surface area contributed by atoms with Crippen molar-refractivity contribution in [2.75, 3.05) is 30.1 Å². The molecule has 1 amide bonds. The Morgan fingerprint density at radius 1 is 1.17 bits per heavy atom. The van der Waals surface area contributed by atoms with E-state index in [1.54, 1.807) is 20.1 Å². The lowest BCUT2D eigenvalue weighted by molar-refractivity contribution is -0.113. The van der Waals surface area contributed by atoms with Crippen LogP contribution in [0.2, 0.25) is 0 Å². The fraction of sp³-hybridized carbons (Fsp3) is 0.263. The molecule has 30 heavy (non-hydrogen) atoms. The number of aromatic nitrogens is 2. The number of anilines is 3.